The van der Waals surface area contributed by atoms with E-state index >= 15 is 0 Å². The fraction of sp³-hybridized carbons (Fsp3) is 0.667. The Balaban J connectivity index is 1.70. The monoisotopic (exact) mass is 430 g/mol. The number of hydrogen-bond acceptors (Lipinski definition) is 5. The number of hydrogen-bond donors (Lipinski definition) is 1. The van der Waals surface area contributed by atoms with Crippen LogP contribution in [0, 0.1) is 0 Å². The quantitative estimate of drug-likeness (QED) is 0.794. The Morgan fingerprint density at radius 1 is 1.20 bits per heavy atom. The van der Waals surface area contributed by atoms with E-state index in [2.05, 4.69) is 4.90 Å². The van der Waals surface area contributed by atoms with Crippen molar-refractivity contribution in [1.82, 2.24) is 9.80 Å². The van der Waals surface area contributed by atoms with Crippen LogP contribution < -0.4 is 0 Å². The molecular weight excluding hydrogens is 401 g/mol. The summed E-state index contributed by atoms with van der Waals surface area (Å²) in [6.45, 7) is 1.21. The van der Waals surface area contributed by atoms with Gasteiger partial charge in [0, 0.05) is 33.2 Å². The summed E-state index contributed by atoms with van der Waals surface area (Å²) in [6, 6.07) is 5.06. The molecule has 1 N–H and O–H groups in total. The number of nitrogens with zero attached hydrogens (tertiary/aromatic N) is 2. The van der Waals surface area contributed by atoms with Crippen molar-refractivity contribution in [3.05, 3.63) is 35.4 Å². The normalized spacial score (nSPS) is 28.3. The maximum Gasteiger partial charge on any atom is 0.416 e. The first kappa shape index (κ1) is 23.0. The molecule has 30 heavy (non-hydrogen) atoms. The minimum atomic E-state index is -4.37. The van der Waals surface area contributed by atoms with Crippen LogP contribution >= 0.6 is 0 Å². The molecule has 6 nitrogen and oxygen atoms in total. The molecule has 0 saturated carbocycles. The molecule has 9 heteroatoms. The van der Waals surface area contributed by atoms with Crippen LogP contribution in [0.2, 0.25) is 0 Å². The zero-order valence-corrected chi connectivity index (χ0v) is 17.3. The smallest absolute Gasteiger partial charge is 0.389 e. The van der Waals surface area contributed by atoms with Crippen LogP contribution in [-0.2, 0) is 27.0 Å². The average molecular weight is 430 g/mol. The van der Waals surface area contributed by atoms with Crippen molar-refractivity contribution in [3.8, 4) is 0 Å². The second-order valence-electron chi connectivity index (χ2n) is 8.25. The Hall–Kier alpha value is -1.68. The number of halogens is 3. The molecule has 0 bridgehead atoms. The summed E-state index contributed by atoms with van der Waals surface area (Å²) in [5.41, 5.74) is 0.0555. The predicted molar refractivity (Wildman–Crippen MR) is 104 cm³/mol. The van der Waals surface area contributed by atoms with E-state index in [4.69, 9.17) is 9.47 Å². The van der Waals surface area contributed by atoms with E-state index in [9.17, 15) is 23.1 Å². The lowest BCUT2D eigenvalue weighted by Gasteiger charge is -2.44. The van der Waals surface area contributed by atoms with Gasteiger partial charge in [0.25, 0.3) is 0 Å². The van der Waals surface area contributed by atoms with Gasteiger partial charge in [0.2, 0.25) is 5.91 Å². The second kappa shape index (κ2) is 9.64. The van der Waals surface area contributed by atoms with Gasteiger partial charge >= 0.3 is 6.18 Å². The lowest BCUT2D eigenvalue weighted by molar-refractivity contribution is -0.160. The first-order valence-corrected chi connectivity index (χ1v) is 10.1. The first-order valence-electron chi connectivity index (χ1n) is 10.1. The molecular formula is C21H29F3N2O4. The molecule has 1 aromatic rings. The molecule has 0 spiro atoms. The Morgan fingerprint density at radius 3 is 2.53 bits per heavy atom. The summed E-state index contributed by atoms with van der Waals surface area (Å²) < 4.78 is 50.2. The Kier molecular flexibility index (Phi) is 7.38. The molecule has 0 aromatic heterocycles. The van der Waals surface area contributed by atoms with Gasteiger partial charge in [-0.3, -0.25) is 9.69 Å². The van der Waals surface area contributed by atoms with Gasteiger partial charge < -0.3 is 19.5 Å². The summed E-state index contributed by atoms with van der Waals surface area (Å²) in [5.74, 6) is 0.00208. The SMILES string of the molecule is CN(C)C(=O)C[C@H]1CC[C@@H]2[C@H](COC[C@@H](O)CN2Cc2ccc(C(F)(F)F)cc2)O1. The molecule has 1 amide bonds. The fourth-order valence-corrected chi connectivity index (χ4v) is 4.04. The maximum atomic E-state index is 12.8. The van der Waals surface area contributed by atoms with Gasteiger partial charge in [0.05, 0.1) is 43.5 Å². The molecule has 2 heterocycles. The van der Waals surface area contributed by atoms with E-state index < -0.39 is 17.8 Å². The Bertz CT molecular complexity index is 711. The highest BCUT2D eigenvalue weighted by Gasteiger charge is 2.38. The molecule has 0 unspecified atom stereocenters. The fourth-order valence-electron chi connectivity index (χ4n) is 4.04. The topological polar surface area (TPSA) is 62.2 Å². The van der Waals surface area contributed by atoms with Gasteiger partial charge in [-0.1, -0.05) is 12.1 Å². The van der Waals surface area contributed by atoms with Crippen LogP contribution in [0.1, 0.15) is 30.4 Å². The van der Waals surface area contributed by atoms with Crippen molar-refractivity contribution in [1.29, 1.82) is 0 Å². The molecule has 2 aliphatic rings. The number of aliphatic hydroxyl groups excluding tert-OH is 1. The number of fused-ring (bicyclic) bond motifs is 1. The Labute approximate surface area is 174 Å². The van der Waals surface area contributed by atoms with E-state index in [1.807, 2.05) is 0 Å². The zero-order valence-electron chi connectivity index (χ0n) is 17.3. The van der Waals surface area contributed by atoms with Crippen LogP contribution in [0.15, 0.2) is 24.3 Å². The highest BCUT2D eigenvalue weighted by atomic mass is 19.4. The van der Waals surface area contributed by atoms with Gasteiger partial charge in [-0.05, 0) is 30.5 Å². The van der Waals surface area contributed by atoms with Crippen molar-refractivity contribution in [2.45, 2.75) is 56.3 Å². The summed E-state index contributed by atoms with van der Waals surface area (Å²) in [7, 11) is 3.42. The van der Waals surface area contributed by atoms with Crippen molar-refractivity contribution >= 4 is 5.91 Å². The molecule has 0 aliphatic carbocycles. The summed E-state index contributed by atoms with van der Waals surface area (Å²) in [5, 5.41) is 10.2. The van der Waals surface area contributed by atoms with E-state index in [0.29, 0.717) is 32.5 Å². The molecule has 2 fully saturated rings. The highest BCUT2D eigenvalue weighted by Crippen LogP contribution is 2.31. The Morgan fingerprint density at radius 2 is 1.90 bits per heavy atom. The molecule has 2 aliphatic heterocycles. The van der Waals surface area contributed by atoms with Gasteiger partial charge in [-0.25, -0.2) is 0 Å². The predicted octanol–water partition coefficient (Wildman–Crippen LogP) is 2.29. The van der Waals surface area contributed by atoms with E-state index in [1.165, 1.54) is 17.0 Å². The number of alkyl halides is 3. The summed E-state index contributed by atoms with van der Waals surface area (Å²) in [4.78, 5) is 15.6. The minimum Gasteiger partial charge on any atom is -0.389 e. The number of carbonyl (C=O) groups excluding carboxylic acids is 1. The number of rotatable bonds is 4. The minimum absolute atomic E-state index is 0.00208. The average Bonchev–Trinajstić information content (AvgIpc) is 2.66. The van der Waals surface area contributed by atoms with Gasteiger partial charge in [0.15, 0.2) is 0 Å². The number of benzene rings is 1. The van der Waals surface area contributed by atoms with Gasteiger partial charge in [-0.15, -0.1) is 0 Å². The van der Waals surface area contributed by atoms with E-state index in [-0.39, 0.29) is 30.8 Å². The molecule has 1 aromatic carbocycles. The largest absolute Gasteiger partial charge is 0.416 e. The van der Waals surface area contributed by atoms with E-state index in [0.717, 1.165) is 24.1 Å². The number of aliphatic hydroxyl groups is 1. The third-order valence-corrected chi connectivity index (χ3v) is 5.66. The maximum absolute atomic E-state index is 12.8. The molecule has 2 saturated heterocycles. The van der Waals surface area contributed by atoms with Crippen molar-refractivity contribution < 1.29 is 32.5 Å². The lowest BCUT2D eigenvalue weighted by atomic mass is 9.94. The lowest BCUT2D eigenvalue weighted by Crippen LogP contribution is -2.55. The van der Waals surface area contributed by atoms with E-state index in [1.54, 1.807) is 14.1 Å². The summed E-state index contributed by atoms with van der Waals surface area (Å²) in [6.07, 6.45) is -3.75. The van der Waals surface area contributed by atoms with Crippen molar-refractivity contribution in [3.63, 3.8) is 0 Å². The van der Waals surface area contributed by atoms with Crippen LogP contribution in [0.5, 0.6) is 0 Å². The van der Waals surface area contributed by atoms with Crippen molar-refractivity contribution in [2.75, 3.05) is 33.9 Å². The first-order chi connectivity index (χ1) is 14.1. The molecule has 168 valence electrons. The van der Waals surface area contributed by atoms with Gasteiger partial charge in [-0.2, -0.15) is 13.2 Å². The molecule has 3 rings (SSSR count). The summed E-state index contributed by atoms with van der Waals surface area (Å²) >= 11 is 0. The third kappa shape index (κ3) is 5.94. The van der Waals surface area contributed by atoms with Crippen molar-refractivity contribution in [2.24, 2.45) is 0 Å². The highest BCUT2D eigenvalue weighted by molar-refractivity contribution is 5.76. The van der Waals surface area contributed by atoms with Crippen LogP contribution in [-0.4, -0.2) is 79.0 Å². The number of carbonyl (C=O) groups is 1. The standard InChI is InChI=1S/C21H29F3N2O4/c1-25(2)20(28)9-17-7-8-18-19(30-17)13-29-12-16(27)11-26(18)10-14-3-5-15(6-4-14)21(22,23)24/h3-6,16-19,27H,7-13H2,1-2H3/t16-,17+,18+,19-/m0/s1. The van der Waals surface area contributed by atoms with Crippen LogP contribution in [0.3, 0.4) is 0 Å². The van der Waals surface area contributed by atoms with Gasteiger partial charge in [0.1, 0.15) is 0 Å². The molecule has 0 radical (unpaired) electrons. The zero-order chi connectivity index (χ0) is 21.9. The number of ether oxygens (including phenoxy) is 2. The van der Waals surface area contributed by atoms with Crippen LogP contribution in [0.4, 0.5) is 13.2 Å². The van der Waals surface area contributed by atoms with Crippen LogP contribution in [0.25, 0.3) is 0 Å². The second-order valence-corrected chi connectivity index (χ2v) is 8.25. The number of β-amino-alcohol motifs (C(OH)–C–C–N with tert-alkyl or cyclic N) is 1. The molecule has 4 atom stereocenters. The number of amides is 1. The third-order valence-electron chi connectivity index (χ3n) is 5.66.